The van der Waals surface area contributed by atoms with Crippen LogP contribution in [-0.4, -0.2) is 11.6 Å². The molecule has 21 heavy (non-hydrogen) atoms. The van der Waals surface area contributed by atoms with Crippen LogP contribution in [-0.2, 0) is 7.05 Å². The largest absolute Gasteiger partial charge is 0.467 e. The molecule has 0 saturated heterocycles. The summed E-state index contributed by atoms with van der Waals surface area (Å²) in [6.07, 6.45) is 0. The van der Waals surface area contributed by atoms with Crippen LogP contribution in [0.2, 0.25) is 0 Å². The maximum atomic E-state index is 5.19. The van der Waals surface area contributed by atoms with Crippen LogP contribution in [0.3, 0.4) is 0 Å². The summed E-state index contributed by atoms with van der Waals surface area (Å²) in [7, 11) is 3.54. The average Bonchev–Trinajstić information content (AvgIpc) is 2.37. The molecule has 2 heterocycles. The molecule has 0 saturated carbocycles. The van der Waals surface area contributed by atoms with Crippen molar-refractivity contribution in [3.63, 3.8) is 0 Å². The van der Waals surface area contributed by atoms with Crippen LogP contribution < -0.4 is 5.73 Å². The van der Waals surface area contributed by atoms with E-state index in [4.69, 9.17) is 28.9 Å². The van der Waals surface area contributed by atoms with E-state index in [1.165, 1.54) is 18.4 Å². The molecule has 5 heteroatoms. The minimum Gasteiger partial charge on any atom is -0.467 e. The molecular formula is C16H24N2OS2. The molecule has 2 N–H and O–H groups in total. The molecule has 2 aromatic rings. The third-order valence-electron chi connectivity index (χ3n) is 2.77. The van der Waals surface area contributed by atoms with E-state index < -0.39 is 0 Å². The van der Waals surface area contributed by atoms with Crippen LogP contribution >= 0.6 is 24.4 Å². The number of nitrogens with two attached hydrogens (primary N) is 1. The maximum absolute atomic E-state index is 5.19. The van der Waals surface area contributed by atoms with Crippen molar-refractivity contribution in [2.24, 2.45) is 12.8 Å². The Hall–Kier alpha value is -1.30. The fraction of sp³-hybridized carbons (Fsp3) is 0.375. The quantitative estimate of drug-likeness (QED) is 0.721. The first-order valence-corrected chi connectivity index (χ1v) is 7.41. The van der Waals surface area contributed by atoms with Crippen LogP contribution in [0.25, 0.3) is 0 Å². The molecule has 0 aliphatic rings. The number of nitrogens with zero attached hydrogens (tertiary/aromatic N) is 1. The van der Waals surface area contributed by atoms with E-state index in [0.717, 1.165) is 20.5 Å². The highest BCUT2D eigenvalue weighted by Gasteiger charge is 1.91. The molecule has 0 bridgehead atoms. The molecule has 0 spiro atoms. The molecule has 0 aromatic carbocycles. The van der Waals surface area contributed by atoms with Crippen molar-refractivity contribution in [2.45, 2.75) is 27.7 Å². The molecular weight excluding hydrogens is 300 g/mol. The van der Waals surface area contributed by atoms with Gasteiger partial charge in [-0.15, -0.1) is 0 Å². The van der Waals surface area contributed by atoms with Crippen molar-refractivity contribution in [1.82, 2.24) is 4.57 Å². The summed E-state index contributed by atoms with van der Waals surface area (Å²) < 4.78 is 9.08. The summed E-state index contributed by atoms with van der Waals surface area (Å²) in [4.78, 5) is 0. The number of aryl methyl sites for hydroxylation is 4. The summed E-state index contributed by atoms with van der Waals surface area (Å²) in [6.45, 7) is 7.90. The lowest BCUT2D eigenvalue weighted by molar-refractivity contribution is 0.485. The summed E-state index contributed by atoms with van der Waals surface area (Å²) in [6, 6.07) is 7.68. The fourth-order valence-electron chi connectivity index (χ4n) is 1.68. The van der Waals surface area contributed by atoms with Gasteiger partial charge >= 0.3 is 0 Å². The van der Waals surface area contributed by atoms with Gasteiger partial charge in [0.25, 0.3) is 0 Å². The van der Waals surface area contributed by atoms with Gasteiger partial charge in [-0.1, -0.05) is 24.4 Å². The van der Waals surface area contributed by atoms with Crippen LogP contribution in [0.4, 0.5) is 0 Å². The summed E-state index contributed by atoms with van der Waals surface area (Å²) >= 11 is 9.96. The van der Waals surface area contributed by atoms with Gasteiger partial charge < -0.3 is 14.7 Å². The first-order valence-electron chi connectivity index (χ1n) is 6.60. The van der Waals surface area contributed by atoms with Crippen molar-refractivity contribution in [2.75, 3.05) is 7.05 Å². The minimum absolute atomic E-state index is 0.844. The molecule has 0 unspecified atom stereocenters. The molecule has 0 fully saturated rings. The molecule has 0 aliphatic carbocycles. The molecule has 2 rings (SSSR count). The standard InChI is InChI=1S/C8H11NS.C7H8OS.CH5N/c1-6-4-8(10)5-7(2)9(6)3;1-5-3-7(9)4-6(2)8-5;1-2/h4-5H,1-3H3;3-4H,1-2H3;2H2,1H3. The second kappa shape index (κ2) is 9.60. The molecule has 0 aliphatic heterocycles. The number of rotatable bonds is 0. The zero-order valence-corrected chi connectivity index (χ0v) is 15.2. The lowest BCUT2D eigenvalue weighted by Crippen LogP contribution is -1.99. The van der Waals surface area contributed by atoms with Crippen LogP contribution in [0.1, 0.15) is 22.9 Å². The molecule has 3 nitrogen and oxygen atoms in total. The predicted octanol–water partition coefficient (Wildman–Crippen LogP) is 4.57. The Kier molecular flexibility index (Phi) is 9.01. The lowest BCUT2D eigenvalue weighted by Gasteiger charge is -2.06. The number of hydrogen-bond donors (Lipinski definition) is 1. The molecule has 0 atom stereocenters. The monoisotopic (exact) mass is 324 g/mol. The summed E-state index contributed by atoms with van der Waals surface area (Å²) in [5.41, 5.74) is 6.93. The summed E-state index contributed by atoms with van der Waals surface area (Å²) in [5.74, 6) is 1.75. The second-order valence-electron chi connectivity index (χ2n) is 4.55. The van der Waals surface area contributed by atoms with Crippen molar-refractivity contribution >= 4 is 24.4 Å². The minimum atomic E-state index is 0.844. The second-order valence-corrected chi connectivity index (χ2v) is 5.49. The van der Waals surface area contributed by atoms with E-state index in [2.05, 4.69) is 24.1 Å². The zero-order valence-electron chi connectivity index (χ0n) is 13.6. The zero-order chi connectivity index (χ0) is 16.6. The van der Waals surface area contributed by atoms with E-state index in [1.54, 1.807) is 0 Å². The lowest BCUT2D eigenvalue weighted by atomic mass is 10.3. The van der Waals surface area contributed by atoms with Gasteiger partial charge in [-0.05, 0) is 59.0 Å². The van der Waals surface area contributed by atoms with Crippen molar-refractivity contribution in [1.29, 1.82) is 0 Å². The van der Waals surface area contributed by atoms with Crippen LogP contribution in [0, 0.1) is 36.7 Å². The van der Waals surface area contributed by atoms with Gasteiger partial charge in [-0.25, -0.2) is 0 Å². The third kappa shape index (κ3) is 7.32. The smallest absolute Gasteiger partial charge is 0.102 e. The maximum Gasteiger partial charge on any atom is 0.102 e. The SMILES string of the molecule is CN.Cc1cc(=S)cc(C)n1C.Cc1cc(=S)cc(C)o1. The van der Waals surface area contributed by atoms with Gasteiger partial charge in [0, 0.05) is 27.5 Å². The van der Waals surface area contributed by atoms with E-state index >= 15 is 0 Å². The van der Waals surface area contributed by atoms with Crippen molar-refractivity contribution in [3.8, 4) is 0 Å². The number of pyridine rings is 1. The summed E-state index contributed by atoms with van der Waals surface area (Å²) in [5, 5.41) is 0. The Morgan fingerprint density at radius 1 is 0.810 bits per heavy atom. The van der Waals surface area contributed by atoms with E-state index in [-0.39, 0.29) is 0 Å². The first-order chi connectivity index (χ1) is 9.79. The Bertz CT molecular complexity index is 638. The van der Waals surface area contributed by atoms with Gasteiger partial charge in [0.15, 0.2) is 0 Å². The van der Waals surface area contributed by atoms with E-state index in [1.807, 2.05) is 45.2 Å². The van der Waals surface area contributed by atoms with E-state index in [9.17, 15) is 0 Å². The molecule has 2 aromatic heterocycles. The van der Waals surface area contributed by atoms with Gasteiger partial charge in [0.2, 0.25) is 0 Å². The first kappa shape index (κ1) is 19.7. The number of hydrogen-bond acceptors (Lipinski definition) is 4. The fourth-order valence-corrected chi connectivity index (χ4v) is 2.35. The molecule has 0 amide bonds. The highest BCUT2D eigenvalue weighted by Crippen LogP contribution is 2.03. The Morgan fingerprint density at radius 3 is 1.48 bits per heavy atom. The van der Waals surface area contributed by atoms with Crippen LogP contribution in [0.5, 0.6) is 0 Å². The predicted molar refractivity (Wildman–Crippen MR) is 94.8 cm³/mol. The molecule has 116 valence electrons. The van der Waals surface area contributed by atoms with E-state index in [0.29, 0.717) is 0 Å². The normalized spacial score (nSPS) is 9.10. The van der Waals surface area contributed by atoms with Gasteiger partial charge in [-0.3, -0.25) is 0 Å². The Balaban J connectivity index is 0.000000342. The highest BCUT2D eigenvalue weighted by molar-refractivity contribution is 7.71. The van der Waals surface area contributed by atoms with Crippen molar-refractivity contribution < 1.29 is 4.42 Å². The Morgan fingerprint density at radius 2 is 1.14 bits per heavy atom. The van der Waals surface area contributed by atoms with Crippen LogP contribution in [0.15, 0.2) is 28.7 Å². The topological polar surface area (TPSA) is 44.1 Å². The Labute approximate surface area is 137 Å². The van der Waals surface area contributed by atoms with Crippen molar-refractivity contribution in [3.05, 3.63) is 56.2 Å². The number of aromatic nitrogens is 1. The third-order valence-corrected chi connectivity index (χ3v) is 3.24. The van der Waals surface area contributed by atoms with Gasteiger partial charge in [0.1, 0.15) is 11.5 Å². The average molecular weight is 325 g/mol. The van der Waals surface area contributed by atoms with Gasteiger partial charge in [0.05, 0.1) is 0 Å². The van der Waals surface area contributed by atoms with Gasteiger partial charge in [-0.2, -0.15) is 0 Å². The molecule has 0 radical (unpaired) electrons. The highest BCUT2D eigenvalue weighted by atomic mass is 32.1.